The predicted molar refractivity (Wildman–Crippen MR) is 140 cm³/mol. The molecule has 2 amide bonds. The number of rotatable bonds is 7. The molecule has 190 valence electrons. The Morgan fingerprint density at radius 3 is 2.74 bits per heavy atom. The molecule has 4 aromatic rings. The second kappa shape index (κ2) is 10.6. The molecule has 0 spiro atoms. The van der Waals surface area contributed by atoms with E-state index < -0.39 is 17.5 Å². The molecule has 0 fully saturated rings. The maximum atomic E-state index is 13.5. The lowest BCUT2D eigenvalue weighted by Gasteiger charge is -2.08. The van der Waals surface area contributed by atoms with Crippen molar-refractivity contribution in [1.29, 1.82) is 0 Å². The summed E-state index contributed by atoms with van der Waals surface area (Å²) in [6.45, 7) is 0.181. The van der Waals surface area contributed by atoms with Crippen LogP contribution >= 0.6 is 11.6 Å². The van der Waals surface area contributed by atoms with E-state index in [1.54, 1.807) is 24.4 Å². The molecule has 12 heteroatoms. The third-order valence-electron chi connectivity index (χ3n) is 5.44. The molecule has 0 radical (unpaired) electrons. The number of amides is 2. The van der Waals surface area contributed by atoms with Crippen LogP contribution in [0.15, 0.2) is 61.1 Å². The maximum Gasteiger partial charge on any atom is 0.270 e. The highest BCUT2D eigenvalue weighted by molar-refractivity contribution is 6.34. The van der Waals surface area contributed by atoms with Crippen molar-refractivity contribution in [2.45, 2.75) is 0 Å². The van der Waals surface area contributed by atoms with Crippen LogP contribution < -0.4 is 16.0 Å². The Morgan fingerprint density at radius 2 is 1.95 bits per heavy atom. The van der Waals surface area contributed by atoms with Crippen LogP contribution in [0, 0.1) is 11.6 Å². The molecule has 1 aliphatic rings. The zero-order valence-corrected chi connectivity index (χ0v) is 20.2. The first kappa shape index (κ1) is 24.8. The quantitative estimate of drug-likeness (QED) is 0.200. The van der Waals surface area contributed by atoms with Gasteiger partial charge in [0.05, 0.1) is 23.8 Å². The number of hydrogen-bond acceptors (Lipinski definition) is 6. The topological polar surface area (TPSA) is 125 Å². The van der Waals surface area contributed by atoms with Crippen LogP contribution in [0.1, 0.15) is 27.3 Å². The number of anilines is 3. The molecule has 5 rings (SSSR count). The molecule has 3 heterocycles. The Balaban J connectivity index is 1.21. The Hall–Kier alpha value is -4.90. The van der Waals surface area contributed by atoms with Gasteiger partial charge in [0.1, 0.15) is 10.8 Å². The molecule has 38 heavy (non-hydrogen) atoms. The highest BCUT2D eigenvalue weighted by Crippen LogP contribution is 2.33. The molecule has 0 saturated heterocycles. The summed E-state index contributed by atoms with van der Waals surface area (Å²) in [7, 11) is 0. The third-order valence-corrected chi connectivity index (χ3v) is 5.63. The van der Waals surface area contributed by atoms with Crippen LogP contribution in [-0.2, 0) is 4.79 Å². The molecule has 2 aromatic carbocycles. The van der Waals surface area contributed by atoms with Gasteiger partial charge in [0.15, 0.2) is 11.6 Å². The lowest BCUT2D eigenvalue weighted by Crippen LogP contribution is -2.24. The fraction of sp³-hybridized carbons (Fsp3) is 0.0385. The minimum absolute atomic E-state index is 0.00749. The van der Waals surface area contributed by atoms with E-state index in [1.165, 1.54) is 18.5 Å². The number of nitrogens with zero attached hydrogens (tertiary/aromatic N) is 3. The van der Waals surface area contributed by atoms with Crippen molar-refractivity contribution in [1.82, 2.24) is 25.3 Å². The van der Waals surface area contributed by atoms with Crippen molar-refractivity contribution in [3.05, 3.63) is 100 Å². The minimum atomic E-state index is -1.04. The highest BCUT2D eigenvalue weighted by atomic mass is 35.5. The van der Waals surface area contributed by atoms with Crippen molar-refractivity contribution in [2.24, 2.45) is 0 Å². The van der Waals surface area contributed by atoms with Crippen molar-refractivity contribution < 1.29 is 18.4 Å². The van der Waals surface area contributed by atoms with Gasteiger partial charge in [-0.15, -0.1) is 0 Å². The lowest BCUT2D eigenvalue weighted by atomic mass is 10.0. The van der Waals surface area contributed by atoms with E-state index in [0.717, 1.165) is 29.0 Å². The van der Waals surface area contributed by atoms with Crippen LogP contribution in [-0.4, -0.2) is 38.3 Å². The van der Waals surface area contributed by atoms with Crippen molar-refractivity contribution in [3.63, 3.8) is 0 Å². The first-order chi connectivity index (χ1) is 18.4. The van der Waals surface area contributed by atoms with Gasteiger partial charge in [-0.05, 0) is 29.8 Å². The number of carbonyl (C=O) groups excluding carboxylic acids is 2. The maximum absolute atomic E-state index is 13.5. The molecule has 9 nitrogen and oxygen atoms in total. The van der Waals surface area contributed by atoms with Crippen LogP contribution in [0.25, 0.3) is 17.7 Å². The Morgan fingerprint density at radius 1 is 1.08 bits per heavy atom. The van der Waals surface area contributed by atoms with E-state index in [2.05, 4.69) is 35.9 Å². The van der Waals surface area contributed by atoms with Gasteiger partial charge in [0, 0.05) is 35.6 Å². The van der Waals surface area contributed by atoms with Gasteiger partial charge < -0.3 is 20.9 Å². The monoisotopic (exact) mass is 533 g/mol. The van der Waals surface area contributed by atoms with Crippen LogP contribution in [0.5, 0.6) is 0 Å². The largest absolute Gasteiger partial charge is 0.347 e. The summed E-state index contributed by atoms with van der Waals surface area (Å²) in [5, 5.41) is 8.22. The number of H-pyrrole nitrogens is 1. The van der Waals surface area contributed by atoms with Crippen LogP contribution in [0.2, 0.25) is 5.15 Å². The summed E-state index contributed by atoms with van der Waals surface area (Å²) in [6, 6.07) is 10.0. The number of aromatic nitrogens is 4. The number of carbonyl (C=O) groups is 2. The fourth-order valence-corrected chi connectivity index (χ4v) is 3.87. The summed E-state index contributed by atoms with van der Waals surface area (Å²) >= 11 is 6.01. The molecule has 0 saturated carbocycles. The average molecular weight is 534 g/mol. The highest BCUT2D eigenvalue weighted by Gasteiger charge is 2.24. The van der Waals surface area contributed by atoms with Gasteiger partial charge in [0.25, 0.3) is 11.8 Å². The number of imidazole rings is 1. The molecular formula is C26H18ClF2N7O2. The first-order valence-corrected chi connectivity index (χ1v) is 11.6. The summed E-state index contributed by atoms with van der Waals surface area (Å²) < 4.78 is 26.6. The standard InChI is InChI=1S/C26H18ClF2N7O2/c27-23-11-22(35-26(36-23)33-15-4-6-19(28)20(29)10-15)25(38)31-7-1-2-14-3-5-17-18(9-16-12-30-13-32-16)24(37)34-21(17)8-14/h1-6,8-13H,7H2,(H,30,32)(H,31,38)(H,34,37)(H,33,35,36)/b2-1+,18-9-. The summed E-state index contributed by atoms with van der Waals surface area (Å²) in [5.74, 6) is -2.80. The number of nitrogens with one attached hydrogen (secondary N) is 4. The first-order valence-electron chi connectivity index (χ1n) is 11.2. The van der Waals surface area contributed by atoms with Gasteiger partial charge in [-0.2, -0.15) is 0 Å². The van der Waals surface area contributed by atoms with Gasteiger partial charge in [-0.3, -0.25) is 9.59 Å². The molecule has 4 N–H and O–H groups in total. The SMILES string of the molecule is O=C1Nc2cc(/C=C/CNC(=O)c3cc(Cl)nc(Nc4ccc(F)c(F)c4)n3)ccc2/C1=C/c1cnc[nH]1. The third kappa shape index (κ3) is 5.57. The predicted octanol–water partition coefficient (Wildman–Crippen LogP) is 4.81. The molecule has 2 aromatic heterocycles. The number of fused-ring (bicyclic) bond motifs is 1. The number of hydrogen-bond donors (Lipinski definition) is 4. The van der Waals surface area contributed by atoms with Gasteiger partial charge >= 0.3 is 0 Å². The van der Waals surface area contributed by atoms with Crippen molar-refractivity contribution in [3.8, 4) is 0 Å². The molecule has 0 aliphatic carbocycles. The van der Waals surface area contributed by atoms with E-state index in [9.17, 15) is 18.4 Å². The second-order valence-electron chi connectivity index (χ2n) is 8.09. The Labute approximate surface area is 219 Å². The smallest absolute Gasteiger partial charge is 0.270 e. The molecule has 0 atom stereocenters. The van der Waals surface area contributed by atoms with E-state index in [-0.39, 0.29) is 34.9 Å². The van der Waals surface area contributed by atoms with Crippen molar-refractivity contribution in [2.75, 3.05) is 17.2 Å². The van der Waals surface area contributed by atoms with Crippen LogP contribution in [0.4, 0.5) is 26.1 Å². The number of benzene rings is 2. The van der Waals surface area contributed by atoms with Crippen LogP contribution in [0.3, 0.4) is 0 Å². The van der Waals surface area contributed by atoms with Gasteiger partial charge in [-0.1, -0.05) is 35.9 Å². The Kier molecular flexibility index (Phi) is 6.92. The average Bonchev–Trinajstić information content (AvgIpc) is 3.51. The van der Waals surface area contributed by atoms with E-state index >= 15 is 0 Å². The molecule has 1 aliphatic heterocycles. The van der Waals surface area contributed by atoms with Gasteiger partial charge in [0.2, 0.25) is 5.95 Å². The normalized spacial score (nSPS) is 13.6. The number of aromatic amines is 1. The zero-order valence-electron chi connectivity index (χ0n) is 19.4. The molecule has 0 bridgehead atoms. The van der Waals surface area contributed by atoms with E-state index in [0.29, 0.717) is 11.3 Å². The fourth-order valence-electron chi connectivity index (χ4n) is 3.69. The second-order valence-corrected chi connectivity index (χ2v) is 8.48. The summed E-state index contributed by atoms with van der Waals surface area (Å²) in [4.78, 5) is 39.9. The number of halogens is 3. The lowest BCUT2D eigenvalue weighted by molar-refractivity contribution is -0.110. The molecular weight excluding hydrogens is 516 g/mol. The molecule has 0 unspecified atom stereocenters. The van der Waals surface area contributed by atoms with E-state index in [4.69, 9.17) is 11.6 Å². The van der Waals surface area contributed by atoms with E-state index in [1.807, 2.05) is 18.2 Å². The Bertz CT molecular complexity index is 1600. The van der Waals surface area contributed by atoms with Gasteiger partial charge in [-0.25, -0.2) is 23.7 Å². The van der Waals surface area contributed by atoms with Crippen molar-refractivity contribution >= 4 is 58.5 Å². The minimum Gasteiger partial charge on any atom is -0.347 e. The zero-order chi connectivity index (χ0) is 26.6. The summed E-state index contributed by atoms with van der Waals surface area (Å²) in [6.07, 6.45) is 8.44. The summed E-state index contributed by atoms with van der Waals surface area (Å²) in [5.41, 5.74) is 3.72.